The third-order valence-corrected chi connectivity index (χ3v) is 3.59. The van der Waals surface area contributed by atoms with Crippen molar-refractivity contribution >= 4 is 29.5 Å². The molecule has 0 unspecified atom stereocenters. The second-order valence-corrected chi connectivity index (χ2v) is 5.68. The van der Waals surface area contributed by atoms with Crippen molar-refractivity contribution in [2.45, 2.75) is 12.7 Å². The van der Waals surface area contributed by atoms with Gasteiger partial charge in [-0.3, -0.25) is 25.2 Å². The molecule has 1 aromatic carbocycles. The molecule has 6 nitrogen and oxygen atoms in total. The van der Waals surface area contributed by atoms with Crippen molar-refractivity contribution in [3.8, 4) is 0 Å². The van der Waals surface area contributed by atoms with E-state index in [2.05, 4.69) is 10.9 Å². The summed E-state index contributed by atoms with van der Waals surface area (Å²) in [5.74, 6) is -1.43. The quantitative estimate of drug-likeness (QED) is 0.612. The van der Waals surface area contributed by atoms with Gasteiger partial charge in [0.2, 0.25) is 0 Å². The Kier molecular flexibility index (Phi) is 6.40. The molecule has 0 aliphatic rings. The van der Waals surface area contributed by atoms with Gasteiger partial charge in [0.15, 0.2) is 0 Å². The van der Waals surface area contributed by atoms with E-state index in [1.807, 2.05) is 0 Å². The van der Waals surface area contributed by atoms with Gasteiger partial charge in [0.25, 0.3) is 17.4 Å². The van der Waals surface area contributed by atoms with Gasteiger partial charge < -0.3 is 4.57 Å². The molecule has 2 rings (SSSR count). The number of hydrogen-bond donors (Lipinski definition) is 2. The Hall–Kier alpha value is -3.07. The molecule has 142 valence electrons. The van der Waals surface area contributed by atoms with E-state index in [9.17, 15) is 27.6 Å². The lowest BCUT2D eigenvalue weighted by Crippen LogP contribution is -2.43. The third kappa shape index (κ3) is 6.00. The lowest BCUT2D eigenvalue weighted by atomic mass is 10.1. The van der Waals surface area contributed by atoms with Gasteiger partial charge in [0.05, 0.1) is 10.6 Å². The zero-order valence-electron chi connectivity index (χ0n) is 13.6. The Morgan fingerprint density at radius 1 is 1.15 bits per heavy atom. The van der Waals surface area contributed by atoms with Crippen LogP contribution in [-0.4, -0.2) is 16.4 Å². The van der Waals surface area contributed by atoms with Crippen LogP contribution in [0.4, 0.5) is 13.2 Å². The number of carbonyl (C=O) groups excluding carboxylic acids is 2. The highest BCUT2D eigenvalue weighted by molar-refractivity contribution is 6.31. The normalized spacial score (nSPS) is 11.4. The molecular weight excluding hydrogens is 387 g/mol. The molecule has 10 heteroatoms. The number of pyridine rings is 1. The van der Waals surface area contributed by atoms with Crippen LogP contribution in [-0.2, 0) is 22.3 Å². The summed E-state index contributed by atoms with van der Waals surface area (Å²) in [7, 11) is 0. The Balaban J connectivity index is 1.93. The van der Waals surface area contributed by atoms with Crippen molar-refractivity contribution in [3.63, 3.8) is 0 Å². The Labute approximate surface area is 156 Å². The fourth-order valence-electron chi connectivity index (χ4n) is 1.99. The fraction of sp³-hybridized carbons (Fsp3) is 0.118. The summed E-state index contributed by atoms with van der Waals surface area (Å²) in [5, 5.41) is -0.451. The molecule has 0 bridgehead atoms. The minimum Gasteiger partial charge on any atom is -0.306 e. The molecule has 1 aromatic heterocycles. The predicted octanol–water partition coefficient (Wildman–Crippen LogP) is 2.38. The predicted molar refractivity (Wildman–Crippen MR) is 92.5 cm³/mol. The summed E-state index contributed by atoms with van der Waals surface area (Å²) in [5.41, 5.74) is 2.84. The first kappa shape index (κ1) is 20.2. The number of rotatable bonds is 4. The van der Waals surface area contributed by atoms with Crippen molar-refractivity contribution in [3.05, 3.63) is 75.2 Å². The standard InChI is InChI=1S/C17H13ClF3N3O3/c18-13-6-4-11(9-12(13)17(19,20)21)5-7-14(25)22-23-15(26)10-24-8-2-1-3-16(24)27/h1-9H,10H2,(H,22,25)(H,23,26)/b7-5+. The highest BCUT2D eigenvalue weighted by Gasteiger charge is 2.33. The van der Waals surface area contributed by atoms with Crippen LogP contribution in [0.25, 0.3) is 6.08 Å². The van der Waals surface area contributed by atoms with Gasteiger partial charge in [0, 0.05) is 18.3 Å². The lowest BCUT2D eigenvalue weighted by Gasteiger charge is -2.09. The molecule has 0 aliphatic heterocycles. The van der Waals surface area contributed by atoms with E-state index in [0.717, 1.165) is 28.9 Å². The topological polar surface area (TPSA) is 80.2 Å². The van der Waals surface area contributed by atoms with Crippen molar-refractivity contribution in [1.29, 1.82) is 0 Å². The molecule has 0 saturated heterocycles. The summed E-state index contributed by atoms with van der Waals surface area (Å²) < 4.78 is 39.5. The minimum atomic E-state index is -4.62. The number of carbonyl (C=O) groups is 2. The van der Waals surface area contributed by atoms with Crippen LogP contribution in [0.5, 0.6) is 0 Å². The number of aromatic nitrogens is 1. The number of nitrogens with one attached hydrogen (secondary N) is 2. The highest BCUT2D eigenvalue weighted by atomic mass is 35.5. The Bertz CT molecular complexity index is 939. The SMILES string of the molecule is O=C(/C=C/c1ccc(Cl)c(C(F)(F)F)c1)NNC(=O)Cn1ccccc1=O. The van der Waals surface area contributed by atoms with Crippen LogP contribution in [0.2, 0.25) is 5.02 Å². The smallest absolute Gasteiger partial charge is 0.306 e. The second kappa shape index (κ2) is 8.54. The van der Waals surface area contributed by atoms with Crippen LogP contribution in [0.3, 0.4) is 0 Å². The van der Waals surface area contributed by atoms with E-state index in [1.165, 1.54) is 24.4 Å². The number of halogens is 4. The summed E-state index contributed by atoms with van der Waals surface area (Å²) >= 11 is 5.51. The maximum absolute atomic E-state index is 12.8. The fourth-order valence-corrected chi connectivity index (χ4v) is 2.22. The molecule has 0 spiro atoms. The molecule has 0 aliphatic carbocycles. The van der Waals surface area contributed by atoms with Gasteiger partial charge >= 0.3 is 6.18 Å². The number of benzene rings is 1. The van der Waals surface area contributed by atoms with Crippen LogP contribution in [0.15, 0.2) is 53.5 Å². The zero-order chi connectivity index (χ0) is 20.0. The summed E-state index contributed by atoms with van der Waals surface area (Å²) in [6.45, 7) is -0.310. The Morgan fingerprint density at radius 3 is 2.56 bits per heavy atom. The largest absolute Gasteiger partial charge is 0.417 e. The first-order valence-corrected chi connectivity index (χ1v) is 7.84. The molecule has 0 radical (unpaired) electrons. The van der Waals surface area contributed by atoms with E-state index >= 15 is 0 Å². The number of nitrogens with zero attached hydrogens (tertiary/aromatic N) is 1. The van der Waals surface area contributed by atoms with Gasteiger partial charge in [-0.15, -0.1) is 0 Å². The van der Waals surface area contributed by atoms with E-state index in [4.69, 9.17) is 11.6 Å². The molecule has 1 heterocycles. The molecule has 0 atom stereocenters. The van der Waals surface area contributed by atoms with E-state index in [0.29, 0.717) is 0 Å². The summed E-state index contributed by atoms with van der Waals surface area (Å²) in [6.07, 6.45) is -1.14. The van der Waals surface area contributed by atoms with Gasteiger partial charge in [0.1, 0.15) is 6.54 Å². The average Bonchev–Trinajstić information content (AvgIpc) is 2.60. The average molecular weight is 400 g/mol. The van der Waals surface area contributed by atoms with Crippen LogP contribution < -0.4 is 16.4 Å². The van der Waals surface area contributed by atoms with E-state index in [-0.39, 0.29) is 17.7 Å². The highest BCUT2D eigenvalue weighted by Crippen LogP contribution is 2.35. The molecule has 2 aromatic rings. The maximum Gasteiger partial charge on any atom is 0.417 e. The van der Waals surface area contributed by atoms with Crippen LogP contribution >= 0.6 is 11.6 Å². The summed E-state index contributed by atoms with van der Waals surface area (Å²) in [6, 6.07) is 7.53. The van der Waals surface area contributed by atoms with Crippen LogP contribution in [0.1, 0.15) is 11.1 Å². The van der Waals surface area contributed by atoms with Gasteiger partial charge in [-0.2, -0.15) is 13.2 Å². The molecular formula is C17H13ClF3N3O3. The first-order chi connectivity index (χ1) is 12.7. The number of hydrazine groups is 1. The molecule has 27 heavy (non-hydrogen) atoms. The summed E-state index contributed by atoms with van der Waals surface area (Å²) in [4.78, 5) is 34.8. The minimum absolute atomic E-state index is 0.101. The van der Waals surface area contributed by atoms with Gasteiger partial charge in [-0.05, 0) is 29.8 Å². The van der Waals surface area contributed by atoms with Crippen LogP contribution in [0, 0.1) is 0 Å². The zero-order valence-corrected chi connectivity index (χ0v) is 14.3. The Morgan fingerprint density at radius 2 is 1.89 bits per heavy atom. The number of alkyl halides is 3. The maximum atomic E-state index is 12.8. The molecule has 0 fully saturated rings. The van der Waals surface area contributed by atoms with Gasteiger partial charge in [-0.25, -0.2) is 0 Å². The van der Waals surface area contributed by atoms with E-state index in [1.54, 1.807) is 6.07 Å². The van der Waals surface area contributed by atoms with Gasteiger partial charge in [-0.1, -0.05) is 23.7 Å². The van der Waals surface area contributed by atoms with Crippen molar-refractivity contribution in [2.75, 3.05) is 0 Å². The molecule has 2 amide bonds. The second-order valence-electron chi connectivity index (χ2n) is 5.27. The number of hydrogen-bond acceptors (Lipinski definition) is 3. The molecule has 2 N–H and O–H groups in total. The first-order valence-electron chi connectivity index (χ1n) is 7.46. The monoisotopic (exact) mass is 399 g/mol. The number of amides is 2. The third-order valence-electron chi connectivity index (χ3n) is 3.26. The van der Waals surface area contributed by atoms with E-state index < -0.39 is 28.6 Å². The van der Waals surface area contributed by atoms with Crippen molar-refractivity contribution < 1.29 is 22.8 Å². The van der Waals surface area contributed by atoms with Crippen molar-refractivity contribution in [1.82, 2.24) is 15.4 Å². The van der Waals surface area contributed by atoms with Crippen molar-refractivity contribution in [2.24, 2.45) is 0 Å². The lowest BCUT2D eigenvalue weighted by molar-refractivity contribution is -0.137. The molecule has 0 saturated carbocycles.